The van der Waals surface area contributed by atoms with Crippen LogP contribution in [0.3, 0.4) is 0 Å². The lowest BCUT2D eigenvalue weighted by molar-refractivity contribution is 0.210. The Labute approximate surface area is 89.4 Å². The molecular weight excluding hydrogens is 192 g/mol. The number of rotatable bonds is 5. The zero-order chi connectivity index (χ0) is 11.1. The Morgan fingerprint density at radius 2 is 2.20 bits per heavy atom. The van der Waals surface area contributed by atoms with Crippen molar-refractivity contribution in [3.8, 4) is 11.8 Å². The molecule has 0 saturated heterocycles. The van der Waals surface area contributed by atoms with E-state index in [0.29, 0.717) is 24.5 Å². The van der Waals surface area contributed by atoms with Crippen molar-refractivity contribution in [1.29, 1.82) is 5.26 Å². The second-order valence-electron chi connectivity index (χ2n) is 2.91. The molecule has 0 aliphatic heterocycles. The van der Waals surface area contributed by atoms with Crippen LogP contribution in [0.15, 0.2) is 18.2 Å². The Bertz CT molecular complexity index is 358. The van der Waals surface area contributed by atoms with E-state index in [1.165, 1.54) is 0 Å². The molecule has 15 heavy (non-hydrogen) atoms. The minimum atomic E-state index is 0.574. The van der Waals surface area contributed by atoms with Crippen molar-refractivity contribution in [3.63, 3.8) is 0 Å². The third-order valence-corrected chi connectivity index (χ3v) is 1.97. The van der Waals surface area contributed by atoms with E-state index in [2.05, 4.69) is 11.4 Å². The lowest BCUT2D eigenvalue weighted by Gasteiger charge is -2.11. The molecule has 0 bridgehead atoms. The van der Waals surface area contributed by atoms with E-state index in [4.69, 9.17) is 14.7 Å². The number of ether oxygens (including phenoxy) is 2. The molecule has 0 fully saturated rings. The molecule has 0 aliphatic carbocycles. The van der Waals surface area contributed by atoms with Gasteiger partial charge in [-0.1, -0.05) is 6.07 Å². The molecule has 0 aliphatic rings. The fraction of sp³-hybridized carbons (Fsp3) is 0.364. The monoisotopic (exact) mass is 206 g/mol. The molecule has 1 aromatic carbocycles. The van der Waals surface area contributed by atoms with Crippen LogP contribution in [0.25, 0.3) is 0 Å². The Morgan fingerprint density at radius 1 is 1.40 bits per heavy atom. The molecule has 0 spiro atoms. The zero-order valence-electron chi connectivity index (χ0n) is 8.91. The van der Waals surface area contributed by atoms with Gasteiger partial charge in [-0.05, 0) is 12.1 Å². The molecule has 4 heteroatoms. The number of hydrogen-bond acceptors (Lipinski definition) is 4. The zero-order valence-corrected chi connectivity index (χ0v) is 8.91. The first-order chi connectivity index (χ1) is 7.33. The minimum Gasteiger partial charge on any atom is -0.495 e. The highest BCUT2D eigenvalue weighted by atomic mass is 16.5. The summed E-state index contributed by atoms with van der Waals surface area (Å²) in [5.74, 6) is 0.671. The van der Waals surface area contributed by atoms with Gasteiger partial charge in [-0.25, -0.2) is 0 Å². The van der Waals surface area contributed by atoms with E-state index < -0.39 is 0 Å². The molecule has 0 aromatic heterocycles. The molecular formula is C11H14N2O2. The van der Waals surface area contributed by atoms with Gasteiger partial charge < -0.3 is 14.8 Å². The maximum atomic E-state index is 8.92. The number of nitriles is 1. The van der Waals surface area contributed by atoms with Crippen molar-refractivity contribution in [3.05, 3.63) is 23.8 Å². The summed E-state index contributed by atoms with van der Waals surface area (Å²) >= 11 is 0. The third kappa shape index (κ3) is 2.86. The van der Waals surface area contributed by atoms with Crippen molar-refractivity contribution in [2.45, 2.75) is 0 Å². The van der Waals surface area contributed by atoms with Crippen LogP contribution in [0.5, 0.6) is 5.75 Å². The van der Waals surface area contributed by atoms with Gasteiger partial charge in [0.05, 0.1) is 25.0 Å². The molecule has 80 valence electrons. The first-order valence-electron chi connectivity index (χ1n) is 4.63. The molecule has 1 rings (SSSR count). The molecule has 0 radical (unpaired) electrons. The predicted octanol–water partition coefficient (Wildman–Crippen LogP) is 1.63. The highest BCUT2D eigenvalue weighted by Crippen LogP contribution is 2.27. The average molecular weight is 206 g/mol. The molecule has 0 heterocycles. The maximum Gasteiger partial charge on any atom is 0.143 e. The van der Waals surface area contributed by atoms with Crippen LogP contribution in [-0.4, -0.2) is 27.4 Å². The van der Waals surface area contributed by atoms with Crippen molar-refractivity contribution in [2.75, 3.05) is 32.7 Å². The van der Waals surface area contributed by atoms with Crippen LogP contribution in [0.1, 0.15) is 5.56 Å². The van der Waals surface area contributed by atoms with E-state index in [0.717, 1.165) is 5.69 Å². The standard InChI is InChI=1S/C11H14N2O2/c1-14-7-6-13-11-9(8-12)4-3-5-10(11)15-2/h3-5,13H,6-7H2,1-2H3. The summed E-state index contributed by atoms with van der Waals surface area (Å²) in [6.45, 7) is 1.23. The van der Waals surface area contributed by atoms with E-state index in [-0.39, 0.29) is 0 Å². The molecule has 1 N–H and O–H groups in total. The fourth-order valence-electron chi connectivity index (χ4n) is 1.25. The maximum absolute atomic E-state index is 8.92. The molecule has 0 amide bonds. The van der Waals surface area contributed by atoms with Crippen molar-refractivity contribution >= 4 is 5.69 Å². The molecule has 4 nitrogen and oxygen atoms in total. The predicted molar refractivity (Wildman–Crippen MR) is 58.1 cm³/mol. The van der Waals surface area contributed by atoms with Crippen LogP contribution >= 0.6 is 0 Å². The Balaban J connectivity index is 2.86. The second kappa shape index (κ2) is 5.89. The van der Waals surface area contributed by atoms with E-state index >= 15 is 0 Å². The minimum absolute atomic E-state index is 0.574. The van der Waals surface area contributed by atoms with Gasteiger partial charge in [0.1, 0.15) is 11.8 Å². The number of nitrogens with one attached hydrogen (secondary N) is 1. The number of hydrogen-bond donors (Lipinski definition) is 1. The smallest absolute Gasteiger partial charge is 0.143 e. The summed E-state index contributed by atoms with van der Waals surface area (Å²) in [5.41, 5.74) is 1.30. The van der Waals surface area contributed by atoms with Crippen LogP contribution < -0.4 is 10.1 Å². The summed E-state index contributed by atoms with van der Waals surface area (Å²) in [6, 6.07) is 7.47. The highest BCUT2D eigenvalue weighted by Gasteiger charge is 2.07. The fourth-order valence-corrected chi connectivity index (χ4v) is 1.25. The Hall–Kier alpha value is -1.73. The molecule has 0 atom stereocenters. The number of para-hydroxylation sites is 1. The van der Waals surface area contributed by atoms with Gasteiger partial charge in [-0.3, -0.25) is 0 Å². The van der Waals surface area contributed by atoms with Crippen molar-refractivity contribution < 1.29 is 9.47 Å². The normalized spacial score (nSPS) is 9.40. The number of nitrogens with zero attached hydrogens (tertiary/aromatic N) is 1. The van der Waals surface area contributed by atoms with Gasteiger partial charge >= 0.3 is 0 Å². The number of anilines is 1. The van der Waals surface area contributed by atoms with E-state index in [1.807, 2.05) is 6.07 Å². The first-order valence-corrected chi connectivity index (χ1v) is 4.63. The van der Waals surface area contributed by atoms with Crippen LogP contribution in [0.2, 0.25) is 0 Å². The SMILES string of the molecule is COCCNc1c(C#N)cccc1OC. The van der Waals surface area contributed by atoms with Crippen molar-refractivity contribution in [2.24, 2.45) is 0 Å². The topological polar surface area (TPSA) is 54.3 Å². The van der Waals surface area contributed by atoms with Gasteiger partial charge in [0, 0.05) is 13.7 Å². The highest BCUT2D eigenvalue weighted by molar-refractivity contribution is 5.66. The molecule has 0 unspecified atom stereocenters. The largest absolute Gasteiger partial charge is 0.495 e. The Morgan fingerprint density at radius 3 is 2.80 bits per heavy atom. The summed E-state index contributed by atoms with van der Waals surface area (Å²) in [5, 5.41) is 12.0. The van der Waals surface area contributed by atoms with Gasteiger partial charge in [0.25, 0.3) is 0 Å². The van der Waals surface area contributed by atoms with Crippen molar-refractivity contribution in [1.82, 2.24) is 0 Å². The lowest BCUT2D eigenvalue weighted by Crippen LogP contribution is -2.09. The van der Waals surface area contributed by atoms with Crippen LogP contribution in [0.4, 0.5) is 5.69 Å². The average Bonchev–Trinajstić information content (AvgIpc) is 2.29. The molecule has 1 aromatic rings. The lowest BCUT2D eigenvalue weighted by atomic mass is 10.2. The Kier molecular flexibility index (Phi) is 4.45. The molecule has 0 saturated carbocycles. The van der Waals surface area contributed by atoms with Gasteiger partial charge in [-0.15, -0.1) is 0 Å². The number of methoxy groups -OCH3 is 2. The third-order valence-electron chi connectivity index (χ3n) is 1.97. The van der Waals surface area contributed by atoms with E-state index in [1.54, 1.807) is 26.4 Å². The summed E-state index contributed by atoms with van der Waals surface area (Å²) in [7, 11) is 3.22. The number of benzene rings is 1. The summed E-state index contributed by atoms with van der Waals surface area (Å²) in [6.07, 6.45) is 0. The second-order valence-corrected chi connectivity index (χ2v) is 2.91. The van der Waals surface area contributed by atoms with Gasteiger partial charge in [0.15, 0.2) is 0 Å². The summed E-state index contributed by atoms with van der Waals surface area (Å²) in [4.78, 5) is 0. The quantitative estimate of drug-likeness (QED) is 0.744. The van der Waals surface area contributed by atoms with Crippen LogP contribution in [0, 0.1) is 11.3 Å². The van der Waals surface area contributed by atoms with E-state index in [9.17, 15) is 0 Å². The first kappa shape index (κ1) is 11.3. The van der Waals surface area contributed by atoms with Gasteiger partial charge in [0.2, 0.25) is 0 Å². The summed E-state index contributed by atoms with van der Waals surface area (Å²) < 4.78 is 10.1. The van der Waals surface area contributed by atoms with Gasteiger partial charge in [-0.2, -0.15) is 5.26 Å². The van der Waals surface area contributed by atoms with Crippen LogP contribution in [-0.2, 0) is 4.74 Å².